The van der Waals surface area contributed by atoms with Crippen molar-refractivity contribution in [3.05, 3.63) is 39.9 Å². The van der Waals surface area contributed by atoms with Gasteiger partial charge < -0.3 is 5.32 Å². The maximum atomic E-state index is 11.3. The average molecular weight is 218 g/mol. The van der Waals surface area contributed by atoms with E-state index in [1.807, 2.05) is 0 Å². The lowest BCUT2D eigenvalue weighted by Gasteiger charge is -2.02. The Hall–Kier alpha value is -2.35. The fourth-order valence-corrected chi connectivity index (χ4v) is 1.22. The number of benzene rings is 1. The molecular formula is C11H10N2O3. The number of carbonyl (C=O) groups excluding carboxylic acids is 1. The van der Waals surface area contributed by atoms with Gasteiger partial charge in [-0.15, -0.1) is 6.42 Å². The standard InChI is InChI=1S/C11H10N2O3/c1-2-7-12-11(14)8-9-5-3-4-6-10(9)13(15)16/h1,3-6H,7-8H2,(H,12,14). The normalized spacial score (nSPS) is 9.19. The minimum atomic E-state index is -0.510. The molecule has 0 aliphatic heterocycles. The molecule has 16 heavy (non-hydrogen) atoms. The van der Waals surface area contributed by atoms with Crippen molar-refractivity contribution >= 4 is 11.6 Å². The summed E-state index contributed by atoms with van der Waals surface area (Å²) in [5.74, 6) is 1.93. The quantitative estimate of drug-likeness (QED) is 0.463. The molecule has 0 fully saturated rings. The van der Waals surface area contributed by atoms with E-state index in [9.17, 15) is 14.9 Å². The van der Waals surface area contributed by atoms with Gasteiger partial charge in [0.2, 0.25) is 5.91 Å². The van der Waals surface area contributed by atoms with E-state index < -0.39 is 4.92 Å². The zero-order valence-corrected chi connectivity index (χ0v) is 8.47. The zero-order chi connectivity index (χ0) is 12.0. The maximum Gasteiger partial charge on any atom is 0.273 e. The first-order valence-corrected chi connectivity index (χ1v) is 4.57. The van der Waals surface area contributed by atoms with E-state index in [-0.39, 0.29) is 24.6 Å². The molecule has 0 heterocycles. The minimum Gasteiger partial charge on any atom is -0.345 e. The van der Waals surface area contributed by atoms with Gasteiger partial charge in [-0.1, -0.05) is 24.1 Å². The van der Waals surface area contributed by atoms with Crippen molar-refractivity contribution < 1.29 is 9.72 Å². The van der Waals surface area contributed by atoms with Crippen LogP contribution in [0.4, 0.5) is 5.69 Å². The van der Waals surface area contributed by atoms with Crippen molar-refractivity contribution in [3.63, 3.8) is 0 Å². The summed E-state index contributed by atoms with van der Waals surface area (Å²) in [6.45, 7) is 0.124. The number of rotatable bonds is 4. The molecule has 0 bridgehead atoms. The summed E-state index contributed by atoms with van der Waals surface area (Å²) in [6.07, 6.45) is 4.93. The van der Waals surface area contributed by atoms with E-state index in [4.69, 9.17) is 6.42 Å². The van der Waals surface area contributed by atoms with Crippen molar-refractivity contribution in [2.75, 3.05) is 6.54 Å². The number of amides is 1. The monoisotopic (exact) mass is 218 g/mol. The second-order valence-electron chi connectivity index (χ2n) is 3.04. The summed E-state index contributed by atoms with van der Waals surface area (Å²) >= 11 is 0. The lowest BCUT2D eigenvalue weighted by molar-refractivity contribution is -0.385. The number of carbonyl (C=O) groups is 1. The summed E-state index contributed by atoms with van der Waals surface area (Å²) < 4.78 is 0. The number of nitrogens with one attached hydrogen (secondary N) is 1. The van der Waals surface area contributed by atoms with Gasteiger partial charge in [0.05, 0.1) is 17.9 Å². The Labute approximate surface area is 92.6 Å². The first kappa shape index (κ1) is 11.7. The second-order valence-corrected chi connectivity index (χ2v) is 3.04. The lowest BCUT2D eigenvalue weighted by Crippen LogP contribution is -2.25. The molecular weight excluding hydrogens is 208 g/mol. The molecule has 82 valence electrons. The van der Waals surface area contributed by atoms with E-state index in [0.717, 1.165) is 0 Å². The topological polar surface area (TPSA) is 72.2 Å². The maximum absolute atomic E-state index is 11.3. The zero-order valence-electron chi connectivity index (χ0n) is 8.47. The SMILES string of the molecule is C#CCNC(=O)Cc1ccccc1[N+](=O)[O-]. The van der Waals surface area contributed by atoms with Crippen LogP contribution >= 0.6 is 0 Å². The van der Waals surface area contributed by atoms with Gasteiger partial charge in [-0.05, 0) is 0 Å². The van der Waals surface area contributed by atoms with Crippen LogP contribution in [-0.2, 0) is 11.2 Å². The molecule has 0 aliphatic carbocycles. The van der Waals surface area contributed by atoms with E-state index in [2.05, 4.69) is 11.2 Å². The van der Waals surface area contributed by atoms with Gasteiger partial charge in [-0.3, -0.25) is 14.9 Å². The van der Waals surface area contributed by atoms with Crippen molar-refractivity contribution in [1.29, 1.82) is 0 Å². The molecule has 1 aromatic rings. The summed E-state index contributed by atoms with van der Waals surface area (Å²) in [4.78, 5) is 21.5. The predicted molar refractivity (Wildman–Crippen MR) is 58.6 cm³/mol. The van der Waals surface area contributed by atoms with Gasteiger partial charge in [-0.2, -0.15) is 0 Å². The van der Waals surface area contributed by atoms with Crippen molar-refractivity contribution in [2.45, 2.75) is 6.42 Å². The molecule has 0 aromatic heterocycles. The first-order chi connectivity index (χ1) is 7.65. The van der Waals surface area contributed by atoms with Crippen LogP contribution in [0.25, 0.3) is 0 Å². The van der Waals surface area contributed by atoms with Crippen LogP contribution in [0.1, 0.15) is 5.56 Å². The Balaban J connectivity index is 2.77. The largest absolute Gasteiger partial charge is 0.345 e. The van der Waals surface area contributed by atoms with Gasteiger partial charge in [0.1, 0.15) is 0 Å². The van der Waals surface area contributed by atoms with Gasteiger partial charge in [0.25, 0.3) is 5.69 Å². The molecule has 0 saturated heterocycles. The summed E-state index contributed by atoms with van der Waals surface area (Å²) in [5, 5.41) is 13.1. The minimum absolute atomic E-state index is 0.0428. The number of terminal acetylenes is 1. The van der Waals surface area contributed by atoms with Crippen LogP contribution in [0.3, 0.4) is 0 Å². The number of hydrogen-bond acceptors (Lipinski definition) is 3. The molecule has 0 spiro atoms. The Morgan fingerprint density at radius 2 is 2.19 bits per heavy atom. The van der Waals surface area contributed by atoms with E-state index in [1.54, 1.807) is 18.2 Å². The van der Waals surface area contributed by atoms with Crippen LogP contribution in [-0.4, -0.2) is 17.4 Å². The second kappa shape index (κ2) is 5.51. The lowest BCUT2D eigenvalue weighted by atomic mass is 10.1. The molecule has 0 saturated carbocycles. The van der Waals surface area contributed by atoms with Gasteiger partial charge in [-0.25, -0.2) is 0 Å². The van der Waals surface area contributed by atoms with Crippen LogP contribution in [0, 0.1) is 22.5 Å². The molecule has 0 aliphatic rings. The van der Waals surface area contributed by atoms with Crippen molar-refractivity contribution in [2.24, 2.45) is 0 Å². The highest BCUT2D eigenvalue weighted by Gasteiger charge is 2.14. The summed E-state index contributed by atoms with van der Waals surface area (Å²) in [6, 6.07) is 6.12. The molecule has 5 nitrogen and oxygen atoms in total. The molecule has 0 atom stereocenters. The molecule has 1 N–H and O–H groups in total. The van der Waals surface area contributed by atoms with Gasteiger partial charge in [0.15, 0.2) is 0 Å². The third-order valence-corrected chi connectivity index (χ3v) is 1.93. The first-order valence-electron chi connectivity index (χ1n) is 4.57. The smallest absolute Gasteiger partial charge is 0.273 e. The highest BCUT2D eigenvalue weighted by Crippen LogP contribution is 2.17. The highest BCUT2D eigenvalue weighted by molar-refractivity contribution is 5.79. The molecule has 0 radical (unpaired) electrons. The molecule has 5 heteroatoms. The fraction of sp³-hybridized carbons (Fsp3) is 0.182. The molecule has 0 unspecified atom stereocenters. The fourth-order valence-electron chi connectivity index (χ4n) is 1.22. The third-order valence-electron chi connectivity index (χ3n) is 1.93. The van der Waals surface area contributed by atoms with Gasteiger partial charge >= 0.3 is 0 Å². The number of para-hydroxylation sites is 1. The highest BCUT2D eigenvalue weighted by atomic mass is 16.6. The van der Waals surface area contributed by atoms with Crippen LogP contribution < -0.4 is 5.32 Å². The van der Waals surface area contributed by atoms with E-state index in [0.29, 0.717) is 5.56 Å². The average Bonchev–Trinajstić information content (AvgIpc) is 2.27. The number of nitro groups is 1. The number of nitro benzene ring substituents is 1. The van der Waals surface area contributed by atoms with Crippen molar-refractivity contribution in [3.8, 4) is 12.3 Å². The Kier molecular flexibility index (Phi) is 4.04. The molecule has 1 aromatic carbocycles. The molecule has 1 rings (SSSR count). The molecule has 1 amide bonds. The number of hydrogen-bond donors (Lipinski definition) is 1. The Morgan fingerprint density at radius 3 is 2.81 bits per heavy atom. The summed E-state index contributed by atoms with van der Waals surface area (Å²) in [7, 11) is 0. The third kappa shape index (κ3) is 3.10. The summed E-state index contributed by atoms with van der Waals surface area (Å²) in [5.41, 5.74) is 0.320. The number of nitrogens with zero attached hydrogens (tertiary/aromatic N) is 1. The van der Waals surface area contributed by atoms with Crippen molar-refractivity contribution in [1.82, 2.24) is 5.32 Å². The predicted octanol–water partition coefficient (Wildman–Crippen LogP) is 0.887. The Morgan fingerprint density at radius 1 is 1.50 bits per heavy atom. The van der Waals surface area contributed by atoms with E-state index >= 15 is 0 Å². The van der Waals surface area contributed by atoms with Crippen LogP contribution in [0.5, 0.6) is 0 Å². The Bertz CT molecular complexity index is 449. The van der Waals surface area contributed by atoms with Crippen LogP contribution in [0.2, 0.25) is 0 Å². The van der Waals surface area contributed by atoms with Gasteiger partial charge in [0, 0.05) is 11.6 Å². The van der Waals surface area contributed by atoms with E-state index in [1.165, 1.54) is 6.07 Å². The van der Waals surface area contributed by atoms with Crippen LogP contribution in [0.15, 0.2) is 24.3 Å².